The van der Waals surface area contributed by atoms with E-state index in [0.29, 0.717) is 18.3 Å². The van der Waals surface area contributed by atoms with Gasteiger partial charge in [-0.05, 0) is 31.9 Å². The van der Waals surface area contributed by atoms with Crippen molar-refractivity contribution in [2.24, 2.45) is 0 Å². The molecule has 0 amide bonds. The van der Waals surface area contributed by atoms with Gasteiger partial charge < -0.3 is 10.1 Å². The molecule has 0 aliphatic carbocycles. The topological polar surface area (TPSA) is 67.3 Å². The average molecular weight is 366 g/mol. The lowest BCUT2D eigenvalue weighted by Gasteiger charge is -2.17. The monoisotopic (exact) mass is 366 g/mol. The summed E-state index contributed by atoms with van der Waals surface area (Å²) in [6.07, 6.45) is 5.75. The van der Waals surface area contributed by atoms with Gasteiger partial charge in [0.2, 0.25) is 0 Å². The highest BCUT2D eigenvalue weighted by Gasteiger charge is 2.23. The lowest BCUT2D eigenvalue weighted by atomic mass is 10.2. The Morgan fingerprint density at radius 2 is 2.19 bits per heavy atom. The van der Waals surface area contributed by atoms with Gasteiger partial charge in [-0.25, -0.2) is 14.8 Å². The van der Waals surface area contributed by atoms with Gasteiger partial charge in [0.1, 0.15) is 5.82 Å². The zero-order valence-electron chi connectivity index (χ0n) is 15.9. The van der Waals surface area contributed by atoms with Crippen molar-refractivity contribution >= 4 is 17.9 Å². The molecule has 0 saturated carbocycles. The number of likely N-dealkylation sites (tertiary alicyclic amines) is 1. The van der Waals surface area contributed by atoms with Crippen molar-refractivity contribution in [2.45, 2.75) is 32.9 Å². The van der Waals surface area contributed by atoms with E-state index in [0.717, 1.165) is 37.6 Å². The molecule has 1 atom stereocenters. The molecule has 6 nitrogen and oxygen atoms in total. The molecule has 142 valence electrons. The highest BCUT2D eigenvalue weighted by molar-refractivity contribution is 5.86. The molecule has 2 aromatic rings. The number of hydrogen-bond donors (Lipinski definition) is 1. The van der Waals surface area contributed by atoms with Gasteiger partial charge >= 0.3 is 5.97 Å². The first kappa shape index (κ1) is 19.0. The number of aromatic nitrogens is 2. The second kappa shape index (κ2) is 9.28. The maximum absolute atomic E-state index is 11.4. The van der Waals surface area contributed by atoms with Crippen LogP contribution in [0.25, 0.3) is 6.08 Å². The Kier molecular flexibility index (Phi) is 6.54. The van der Waals surface area contributed by atoms with Gasteiger partial charge in [0.05, 0.1) is 24.2 Å². The minimum atomic E-state index is -0.372. The van der Waals surface area contributed by atoms with Crippen LogP contribution < -0.4 is 5.32 Å². The predicted octanol–water partition coefficient (Wildman–Crippen LogP) is 3.05. The second-order valence-electron chi connectivity index (χ2n) is 6.66. The van der Waals surface area contributed by atoms with Crippen LogP contribution in [-0.4, -0.2) is 46.6 Å². The van der Waals surface area contributed by atoms with E-state index in [1.165, 1.54) is 11.6 Å². The van der Waals surface area contributed by atoms with Crippen LogP contribution in [0.2, 0.25) is 0 Å². The summed E-state index contributed by atoms with van der Waals surface area (Å²) in [5.41, 5.74) is 2.80. The highest BCUT2D eigenvalue weighted by Crippen LogP contribution is 2.18. The number of anilines is 1. The third-order valence-corrected chi connectivity index (χ3v) is 4.50. The van der Waals surface area contributed by atoms with Crippen LogP contribution in [0.3, 0.4) is 0 Å². The molecule has 1 aliphatic heterocycles. The van der Waals surface area contributed by atoms with Gasteiger partial charge in [0.15, 0.2) is 0 Å². The number of hydrogen-bond acceptors (Lipinski definition) is 6. The fourth-order valence-corrected chi connectivity index (χ4v) is 3.19. The minimum Gasteiger partial charge on any atom is -0.463 e. The summed E-state index contributed by atoms with van der Waals surface area (Å²) >= 11 is 0. The summed E-state index contributed by atoms with van der Waals surface area (Å²) < 4.78 is 4.87. The quantitative estimate of drug-likeness (QED) is 0.600. The lowest BCUT2D eigenvalue weighted by molar-refractivity contribution is -0.137. The van der Waals surface area contributed by atoms with E-state index >= 15 is 0 Å². The Morgan fingerprint density at radius 3 is 2.93 bits per heavy atom. The molecule has 0 bridgehead atoms. The molecule has 1 N–H and O–H groups in total. The molecule has 1 aromatic heterocycles. The largest absolute Gasteiger partial charge is 0.463 e. The smallest absolute Gasteiger partial charge is 0.330 e. The SMILES string of the molecule is CCOC(=O)C=Cc1cnc(N[C@@H]2CCN(Cc3ccccc3)C2)c(C)n1. The van der Waals surface area contributed by atoms with Gasteiger partial charge in [0.25, 0.3) is 0 Å². The third-order valence-electron chi connectivity index (χ3n) is 4.50. The number of benzene rings is 1. The Hall–Kier alpha value is -2.73. The molecule has 1 saturated heterocycles. The van der Waals surface area contributed by atoms with E-state index in [-0.39, 0.29) is 5.97 Å². The Bertz CT molecular complexity index is 792. The number of nitrogens with zero attached hydrogens (tertiary/aromatic N) is 3. The Morgan fingerprint density at radius 1 is 1.37 bits per heavy atom. The molecular formula is C21H26N4O2. The first-order chi connectivity index (χ1) is 13.1. The number of esters is 1. The van der Waals surface area contributed by atoms with E-state index in [9.17, 15) is 4.79 Å². The van der Waals surface area contributed by atoms with E-state index < -0.39 is 0 Å². The Balaban J connectivity index is 1.54. The second-order valence-corrected chi connectivity index (χ2v) is 6.66. The molecular weight excluding hydrogens is 340 g/mol. The molecule has 0 spiro atoms. The van der Waals surface area contributed by atoms with E-state index in [2.05, 4.69) is 44.5 Å². The number of carbonyl (C=O) groups excluding carboxylic acids is 1. The third kappa shape index (κ3) is 5.62. The van der Waals surface area contributed by atoms with Crippen LogP contribution in [0.15, 0.2) is 42.6 Å². The zero-order chi connectivity index (χ0) is 19.1. The summed E-state index contributed by atoms with van der Waals surface area (Å²) in [5.74, 6) is 0.429. The summed E-state index contributed by atoms with van der Waals surface area (Å²) in [6, 6.07) is 10.9. The van der Waals surface area contributed by atoms with Gasteiger partial charge in [-0.1, -0.05) is 30.3 Å². The summed E-state index contributed by atoms with van der Waals surface area (Å²) in [5, 5.41) is 3.51. The maximum Gasteiger partial charge on any atom is 0.330 e. The van der Waals surface area contributed by atoms with Gasteiger partial charge in [-0.3, -0.25) is 4.90 Å². The molecule has 2 heterocycles. The van der Waals surface area contributed by atoms with Crippen molar-refractivity contribution in [3.05, 3.63) is 59.6 Å². The normalized spacial score (nSPS) is 17.3. The molecule has 27 heavy (non-hydrogen) atoms. The molecule has 6 heteroatoms. The molecule has 1 fully saturated rings. The molecule has 3 rings (SSSR count). The van der Waals surface area contributed by atoms with Crippen LogP contribution in [0, 0.1) is 6.92 Å². The van der Waals surface area contributed by atoms with Gasteiger partial charge in [-0.15, -0.1) is 0 Å². The minimum absolute atomic E-state index is 0.361. The summed E-state index contributed by atoms with van der Waals surface area (Å²) in [7, 11) is 0. The van der Waals surface area contributed by atoms with Crippen LogP contribution in [0.5, 0.6) is 0 Å². The van der Waals surface area contributed by atoms with Crippen LogP contribution in [0.1, 0.15) is 30.3 Å². The van der Waals surface area contributed by atoms with Gasteiger partial charge in [0, 0.05) is 31.8 Å². The summed E-state index contributed by atoms with van der Waals surface area (Å²) in [6.45, 7) is 7.09. The number of aryl methyl sites for hydroxylation is 1. The van der Waals surface area contributed by atoms with E-state index in [1.807, 2.05) is 13.0 Å². The number of carbonyl (C=O) groups is 1. The predicted molar refractivity (Wildman–Crippen MR) is 106 cm³/mol. The van der Waals surface area contributed by atoms with Crippen molar-refractivity contribution in [1.82, 2.24) is 14.9 Å². The van der Waals surface area contributed by atoms with Crippen molar-refractivity contribution in [3.8, 4) is 0 Å². The van der Waals surface area contributed by atoms with E-state index in [1.54, 1.807) is 19.2 Å². The first-order valence-corrected chi connectivity index (χ1v) is 9.35. The Labute approximate surface area is 160 Å². The number of nitrogens with one attached hydrogen (secondary N) is 1. The molecule has 0 unspecified atom stereocenters. The van der Waals surface area contributed by atoms with Crippen molar-refractivity contribution in [2.75, 3.05) is 25.0 Å². The van der Waals surface area contributed by atoms with Crippen molar-refractivity contribution < 1.29 is 9.53 Å². The first-order valence-electron chi connectivity index (χ1n) is 9.35. The van der Waals surface area contributed by atoms with Crippen molar-refractivity contribution in [3.63, 3.8) is 0 Å². The van der Waals surface area contributed by atoms with Crippen molar-refractivity contribution in [1.29, 1.82) is 0 Å². The van der Waals surface area contributed by atoms with Gasteiger partial charge in [-0.2, -0.15) is 0 Å². The lowest BCUT2D eigenvalue weighted by Crippen LogP contribution is -2.26. The molecule has 1 aliphatic rings. The average Bonchev–Trinajstić information content (AvgIpc) is 3.10. The standard InChI is InChI=1S/C21H26N4O2/c1-3-27-20(26)10-9-18-13-22-21(16(2)23-18)24-19-11-12-25(15-19)14-17-7-5-4-6-8-17/h4-10,13,19H,3,11-12,14-15H2,1-2H3,(H,22,24)/t19-/m1/s1. The van der Waals surface area contributed by atoms with Crippen LogP contribution in [-0.2, 0) is 16.1 Å². The maximum atomic E-state index is 11.4. The fourth-order valence-electron chi connectivity index (χ4n) is 3.19. The number of ether oxygens (including phenoxy) is 1. The van der Waals surface area contributed by atoms with Crippen LogP contribution in [0.4, 0.5) is 5.82 Å². The summed E-state index contributed by atoms with van der Waals surface area (Å²) in [4.78, 5) is 22.8. The van der Waals surface area contributed by atoms with E-state index in [4.69, 9.17) is 4.74 Å². The number of rotatable bonds is 7. The molecule has 0 radical (unpaired) electrons. The fraction of sp³-hybridized carbons (Fsp3) is 0.381. The van der Waals surface area contributed by atoms with Crippen LogP contribution >= 0.6 is 0 Å². The zero-order valence-corrected chi connectivity index (χ0v) is 15.9. The molecule has 1 aromatic carbocycles. The highest BCUT2D eigenvalue weighted by atomic mass is 16.5.